The van der Waals surface area contributed by atoms with E-state index in [1.165, 1.54) is 4.90 Å². The van der Waals surface area contributed by atoms with Gasteiger partial charge in [-0.3, -0.25) is 0 Å². The van der Waals surface area contributed by atoms with Crippen LogP contribution in [0.1, 0.15) is 34.1 Å². The maximum atomic E-state index is 13.2. The zero-order chi connectivity index (χ0) is 16.4. The van der Waals surface area contributed by atoms with Gasteiger partial charge in [0.25, 0.3) is 0 Å². The minimum absolute atomic E-state index is 0.0441. The molecule has 3 radical (unpaired) electrons. The van der Waals surface area contributed by atoms with Crippen molar-refractivity contribution in [3.05, 3.63) is 0 Å². The van der Waals surface area contributed by atoms with Crippen molar-refractivity contribution in [2.45, 2.75) is 64.2 Å². The van der Waals surface area contributed by atoms with Gasteiger partial charge in [-0.25, -0.2) is 0 Å². The molecule has 0 heterocycles. The number of hydrogen-bond donors (Lipinski definition) is 0. The first-order chi connectivity index (χ1) is 8.76. The molecule has 0 aliphatic rings. The summed E-state index contributed by atoms with van der Waals surface area (Å²) in [6.07, 6.45) is -12.1. The second-order valence-corrected chi connectivity index (χ2v) is 5.83. The Bertz CT molecular complexity index is 296. The summed E-state index contributed by atoms with van der Waals surface area (Å²) in [6, 6.07) is -0.646. The third kappa shape index (κ3) is 5.59. The topological polar surface area (TPSA) is 12.5 Å². The van der Waals surface area contributed by atoms with Crippen molar-refractivity contribution in [2.75, 3.05) is 6.54 Å². The predicted molar refractivity (Wildman–Crippen MR) is 63.3 cm³/mol. The molecule has 9 heteroatoms. The second-order valence-electron chi connectivity index (χ2n) is 5.25. The second kappa shape index (κ2) is 7.04. The van der Waals surface area contributed by atoms with Crippen LogP contribution >= 0.6 is 0 Å². The Morgan fingerprint density at radius 1 is 0.950 bits per heavy atom. The summed E-state index contributed by atoms with van der Waals surface area (Å²) in [6.45, 7) is 5.71. The summed E-state index contributed by atoms with van der Waals surface area (Å²) in [7, 11) is 0. The van der Waals surface area contributed by atoms with E-state index in [1.54, 1.807) is 27.7 Å². The Labute approximate surface area is 128 Å². The van der Waals surface area contributed by atoms with Gasteiger partial charge in [-0.2, -0.15) is 0 Å². The molecule has 0 amide bonds. The van der Waals surface area contributed by atoms with E-state index in [0.717, 1.165) is 0 Å². The SMILES string of the molecule is CC(C)N(CC(CC(F)(F)F)([O][Sn])C(F)(F)F)C(C)C. The number of halogens is 6. The number of nitrogens with zero attached hydrogens (tertiary/aromatic N) is 1. The Morgan fingerprint density at radius 3 is 1.55 bits per heavy atom. The molecule has 2 nitrogen and oxygen atoms in total. The molecule has 1 unspecified atom stereocenters. The minimum atomic E-state index is -5.09. The molecule has 0 bridgehead atoms. The fourth-order valence-corrected chi connectivity index (χ4v) is 2.67. The number of rotatable bonds is 6. The summed E-state index contributed by atoms with van der Waals surface area (Å²) in [5.41, 5.74) is -3.21. The first-order valence-corrected chi connectivity index (χ1v) is 7.16. The molecule has 0 spiro atoms. The molecule has 0 aliphatic heterocycles. The van der Waals surface area contributed by atoms with Gasteiger partial charge in [0.1, 0.15) is 0 Å². The average molecular weight is 413 g/mol. The Hall–Kier alpha value is 0.299. The molecule has 0 aromatic carbocycles. The van der Waals surface area contributed by atoms with Gasteiger partial charge in [0, 0.05) is 0 Å². The van der Waals surface area contributed by atoms with E-state index in [0.29, 0.717) is 0 Å². The van der Waals surface area contributed by atoms with Gasteiger partial charge in [0.15, 0.2) is 0 Å². The van der Waals surface area contributed by atoms with Crippen molar-refractivity contribution in [3.8, 4) is 0 Å². The number of hydrogen-bond acceptors (Lipinski definition) is 2. The molecular formula is C11H18F6NOSn. The fraction of sp³-hybridized carbons (Fsp3) is 1.00. The van der Waals surface area contributed by atoms with Crippen LogP contribution in [0, 0.1) is 0 Å². The fourth-order valence-electron chi connectivity index (χ4n) is 1.95. The van der Waals surface area contributed by atoms with Crippen LogP contribution in [0.4, 0.5) is 26.3 Å². The van der Waals surface area contributed by atoms with Crippen LogP contribution in [0.25, 0.3) is 0 Å². The van der Waals surface area contributed by atoms with Crippen LogP contribution < -0.4 is 0 Å². The van der Waals surface area contributed by atoms with Crippen molar-refractivity contribution >= 4 is 22.9 Å². The molecule has 0 saturated heterocycles. The average Bonchev–Trinajstić information content (AvgIpc) is 2.19. The monoisotopic (exact) mass is 414 g/mol. The molecule has 119 valence electrons. The normalized spacial score (nSPS) is 17.1. The van der Waals surface area contributed by atoms with Gasteiger partial charge in [-0.1, -0.05) is 0 Å². The van der Waals surface area contributed by atoms with E-state index in [9.17, 15) is 26.3 Å². The van der Waals surface area contributed by atoms with Crippen molar-refractivity contribution in [3.63, 3.8) is 0 Å². The summed E-state index contributed by atoms with van der Waals surface area (Å²) in [5.74, 6) is 0. The van der Waals surface area contributed by atoms with Gasteiger partial charge in [0.05, 0.1) is 0 Å². The van der Waals surface area contributed by atoms with E-state index in [-0.39, 0.29) is 35.0 Å². The molecule has 0 aromatic rings. The van der Waals surface area contributed by atoms with Gasteiger partial charge >= 0.3 is 128 Å². The maximum absolute atomic E-state index is 13.2. The zero-order valence-corrected chi connectivity index (χ0v) is 14.5. The zero-order valence-electron chi connectivity index (χ0n) is 11.7. The molecule has 0 saturated carbocycles. The molecule has 0 N–H and O–H groups in total. The van der Waals surface area contributed by atoms with Crippen LogP contribution in [0.2, 0.25) is 0 Å². The molecule has 0 aliphatic carbocycles. The summed E-state index contributed by atoms with van der Waals surface area (Å²) in [4.78, 5) is 1.35. The van der Waals surface area contributed by atoms with E-state index >= 15 is 0 Å². The molecule has 20 heavy (non-hydrogen) atoms. The van der Waals surface area contributed by atoms with Gasteiger partial charge < -0.3 is 0 Å². The van der Waals surface area contributed by atoms with Gasteiger partial charge in [-0.15, -0.1) is 0 Å². The third-order valence-corrected chi connectivity index (χ3v) is 4.08. The van der Waals surface area contributed by atoms with Crippen LogP contribution in [0.15, 0.2) is 0 Å². The summed E-state index contributed by atoms with van der Waals surface area (Å²) >= 11 is -0.0441. The quantitative estimate of drug-likeness (QED) is 0.489. The van der Waals surface area contributed by atoms with Gasteiger partial charge in [0.2, 0.25) is 0 Å². The van der Waals surface area contributed by atoms with E-state index < -0.39 is 30.9 Å². The first kappa shape index (κ1) is 20.3. The summed E-state index contributed by atoms with van der Waals surface area (Å²) in [5, 5.41) is 0. The van der Waals surface area contributed by atoms with Crippen molar-refractivity contribution in [1.82, 2.24) is 4.90 Å². The predicted octanol–water partition coefficient (Wildman–Crippen LogP) is 3.46. The van der Waals surface area contributed by atoms with Crippen molar-refractivity contribution in [2.24, 2.45) is 0 Å². The van der Waals surface area contributed by atoms with E-state index in [2.05, 4.69) is 3.07 Å². The third-order valence-electron chi connectivity index (χ3n) is 2.96. The van der Waals surface area contributed by atoms with Crippen molar-refractivity contribution < 1.29 is 29.4 Å². The van der Waals surface area contributed by atoms with Gasteiger partial charge in [-0.05, 0) is 0 Å². The molecular weight excluding hydrogens is 395 g/mol. The molecule has 0 fully saturated rings. The van der Waals surface area contributed by atoms with Crippen molar-refractivity contribution in [1.29, 1.82) is 0 Å². The van der Waals surface area contributed by atoms with E-state index in [1.807, 2.05) is 0 Å². The first-order valence-electron chi connectivity index (χ1n) is 5.99. The Morgan fingerprint density at radius 2 is 1.35 bits per heavy atom. The summed E-state index contributed by atoms with van der Waals surface area (Å²) < 4.78 is 81.5. The molecule has 1 atom stereocenters. The number of alkyl halides is 6. The van der Waals surface area contributed by atoms with Crippen LogP contribution in [0.3, 0.4) is 0 Å². The van der Waals surface area contributed by atoms with Crippen LogP contribution in [0.5, 0.6) is 0 Å². The standard InChI is InChI=1S/C11H18F6NO.Sn/c1-7(2)18(8(3)4)6-9(19,11(15,16)17)5-10(12,13)14;/h7-8H,5-6H2,1-4H3;/q-1;+1. The Balaban J connectivity index is 5.52. The van der Waals surface area contributed by atoms with E-state index in [4.69, 9.17) is 0 Å². The van der Waals surface area contributed by atoms with Crippen LogP contribution in [-0.4, -0.2) is 64.4 Å². The molecule has 0 aromatic heterocycles. The Kier molecular flexibility index (Phi) is 7.14. The molecule has 0 rings (SSSR count). The van der Waals surface area contributed by atoms with Crippen LogP contribution in [-0.2, 0) is 3.07 Å².